The van der Waals surface area contributed by atoms with Crippen LogP contribution in [0.15, 0.2) is 11.6 Å². The molecule has 0 saturated carbocycles. The van der Waals surface area contributed by atoms with Crippen molar-refractivity contribution < 1.29 is 14.3 Å². The summed E-state index contributed by atoms with van der Waals surface area (Å²) in [5.41, 5.74) is 0.781. The van der Waals surface area contributed by atoms with Gasteiger partial charge in [-0.3, -0.25) is 4.79 Å². The quantitative estimate of drug-likeness (QED) is 0.671. The summed E-state index contributed by atoms with van der Waals surface area (Å²) in [5.74, 6) is 0.138. The van der Waals surface area contributed by atoms with E-state index >= 15 is 0 Å². The van der Waals surface area contributed by atoms with Gasteiger partial charge in [0.2, 0.25) is 0 Å². The molecular formula is C12H20O3. The first kappa shape index (κ1) is 12.4. The Balaban J connectivity index is 2.55. The Labute approximate surface area is 91.4 Å². The van der Waals surface area contributed by atoms with Gasteiger partial charge in [0.05, 0.1) is 13.2 Å². The molecule has 0 unspecified atom stereocenters. The van der Waals surface area contributed by atoms with Gasteiger partial charge >= 0.3 is 0 Å². The molecular weight excluding hydrogens is 192 g/mol. The molecule has 15 heavy (non-hydrogen) atoms. The normalized spacial score (nSPS) is 17.9. The van der Waals surface area contributed by atoms with E-state index in [-0.39, 0.29) is 17.5 Å². The monoisotopic (exact) mass is 212 g/mol. The van der Waals surface area contributed by atoms with Crippen molar-refractivity contribution in [2.45, 2.75) is 40.4 Å². The van der Waals surface area contributed by atoms with E-state index in [9.17, 15) is 4.79 Å². The van der Waals surface area contributed by atoms with E-state index in [1.807, 2.05) is 27.7 Å². The summed E-state index contributed by atoms with van der Waals surface area (Å²) in [7, 11) is 0. The van der Waals surface area contributed by atoms with Gasteiger partial charge in [-0.1, -0.05) is 19.4 Å². The summed E-state index contributed by atoms with van der Waals surface area (Å²) in [6, 6.07) is 0. The van der Waals surface area contributed by atoms with Gasteiger partial charge in [0.15, 0.2) is 12.1 Å². The number of hydrogen-bond acceptors (Lipinski definition) is 3. The minimum absolute atomic E-state index is 0.138. The molecule has 0 aromatic heterocycles. The minimum atomic E-state index is -0.250. The molecule has 86 valence electrons. The number of rotatable bonds is 4. The van der Waals surface area contributed by atoms with Crippen LogP contribution < -0.4 is 0 Å². The molecule has 0 bridgehead atoms. The second-order valence-electron chi connectivity index (χ2n) is 4.93. The molecule has 0 radical (unpaired) electrons. The summed E-state index contributed by atoms with van der Waals surface area (Å²) in [6.45, 7) is 9.11. The minimum Gasteiger partial charge on any atom is -0.350 e. The Bertz CT molecular complexity index is 256. The molecule has 3 nitrogen and oxygen atoms in total. The van der Waals surface area contributed by atoms with Gasteiger partial charge in [-0.2, -0.15) is 0 Å². The Morgan fingerprint density at radius 3 is 2.33 bits per heavy atom. The van der Waals surface area contributed by atoms with E-state index in [0.717, 1.165) is 5.57 Å². The lowest BCUT2D eigenvalue weighted by Crippen LogP contribution is -2.32. The van der Waals surface area contributed by atoms with Crippen molar-refractivity contribution in [1.82, 2.24) is 0 Å². The highest BCUT2D eigenvalue weighted by Gasteiger charge is 2.35. The molecule has 0 amide bonds. The SMILES string of the molecule is CC(C)=CC(=O)CC(C)(C)C1OCCO1. The zero-order chi connectivity index (χ0) is 11.5. The fourth-order valence-corrected chi connectivity index (χ4v) is 1.71. The van der Waals surface area contributed by atoms with Crippen molar-refractivity contribution in [3.05, 3.63) is 11.6 Å². The highest BCUT2D eigenvalue weighted by atomic mass is 16.7. The molecule has 0 aliphatic carbocycles. The zero-order valence-corrected chi connectivity index (χ0v) is 10.0. The van der Waals surface area contributed by atoms with E-state index in [1.165, 1.54) is 0 Å². The van der Waals surface area contributed by atoms with E-state index < -0.39 is 0 Å². The number of carbonyl (C=O) groups excluding carboxylic acids is 1. The van der Waals surface area contributed by atoms with Gasteiger partial charge < -0.3 is 9.47 Å². The van der Waals surface area contributed by atoms with Crippen molar-refractivity contribution in [3.8, 4) is 0 Å². The van der Waals surface area contributed by atoms with Crippen LogP contribution in [0.25, 0.3) is 0 Å². The predicted molar refractivity (Wildman–Crippen MR) is 58.5 cm³/mol. The van der Waals surface area contributed by atoms with Crippen LogP contribution in [0.2, 0.25) is 0 Å². The van der Waals surface area contributed by atoms with Gasteiger partial charge in [0.1, 0.15) is 0 Å². The van der Waals surface area contributed by atoms with Gasteiger partial charge in [0.25, 0.3) is 0 Å². The summed E-state index contributed by atoms with van der Waals surface area (Å²) in [5, 5.41) is 0. The molecule has 1 fully saturated rings. The van der Waals surface area contributed by atoms with Gasteiger partial charge in [-0.05, 0) is 19.9 Å². The van der Waals surface area contributed by atoms with E-state index in [1.54, 1.807) is 6.08 Å². The summed E-state index contributed by atoms with van der Waals surface area (Å²) >= 11 is 0. The van der Waals surface area contributed by atoms with Gasteiger partial charge in [-0.15, -0.1) is 0 Å². The second kappa shape index (κ2) is 4.90. The molecule has 1 heterocycles. The molecule has 0 aromatic rings. The van der Waals surface area contributed by atoms with Crippen LogP contribution in [-0.4, -0.2) is 25.3 Å². The molecule has 1 aliphatic heterocycles. The van der Waals surface area contributed by atoms with Crippen molar-refractivity contribution in [2.75, 3.05) is 13.2 Å². The number of hydrogen-bond donors (Lipinski definition) is 0. The lowest BCUT2D eigenvalue weighted by molar-refractivity contribution is -0.136. The van der Waals surface area contributed by atoms with Crippen LogP contribution in [-0.2, 0) is 14.3 Å². The maximum absolute atomic E-state index is 11.6. The fourth-order valence-electron chi connectivity index (χ4n) is 1.71. The molecule has 0 aromatic carbocycles. The van der Waals surface area contributed by atoms with Crippen LogP contribution in [0.1, 0.15) is 34.1 Å². The first-order valence-electron chi connectivity index (χ1n) is 5.33. The number of ketones is 1. The average Bonchev–Trinajstić information content (AvgIpc) is 2.51. The molecule has 1 rings (SSSR count). The predicted octanol–water partition coefficient (Wildman–Crippen LogP) is 2.31. The Morgan fingerprint density at radius 1 is 1.33 bits per heavy atom. The average molecular weight is 212 g/mol. The lowest BCUT2D eigenvalue weighted by Gasteiger charge is -2.28. The highest BCUT2D eigenvalue weighted by molar-refractivity contribution is 5.90. The molecule has 1 saturated heterocycles. The maximum Gasteiger partial charge on any atom is 0.163 e. The standard InChI is InChI=1S/C12H20O3/c1-9(2)7-10(13)8-12(3,4)11-14-5-6-15-11/h7,11H,5-6,8H2,1-4H3. The number of ether oxygens (including phenoxy) is 2. The summed E-state index contributed by atoms with van der Waals surface area (Å²) in [4.78, 5) is 11.6. The molecule has 3 heteroatoms. The van der Waals surface area contributed by atoms with E-state index in [0.29, 0.717) is 19.6 Å². The van der Waals surface area contributed by atoms with Gasteiger partial charge in [0, 0.05) is 11.8 Å². The first-order chi connectivity index (χ1) is 6.92. The van der Waals surface area contributed by atoms with Crippen molar-refractivity contribution in [1.29, 1.82) is 0 Å². The Morgan fingerprint density at radius 2 is 1.87 bits per heavy atom. The largest absolute Gasteiger partial charge is 0.350 e. The number of allylic oxidation sites excluding steroid dienone is 2. The van der Waals surface area contributed by atoms with Gasteiger partial charge in [-0.25, -0.2) is 0 Å². The Kier molecular flexibility index (Phi) is 4.05. The van der Waals surface area contributed by atoms with Crippen LogP contribution in [0.3, 0.4) is 0 Å². The molecule has 0 spiro atoms. The van der Waals surface area contributed by atoms with Crippen LogP contribution in [0.4, 0.5) is 0 Å². The third kappa shape index (κ3) is 3.76. The zero-order valence-electron chi connectivity index (χ0n) is 10.0. The van der Waals surface area contributed by atoms with Crippen molar-refractivity contribution >= 4 is 5.78 Å². The third-order valence-corrected chi connectivity index (χ3v) is 2.34. The van der Waals surface area contributed by atoms with Crippen LogP contribution in [0, 0.1) is 5.41 Å². The van der Waals surface area contributed by atoms with Crippen molar-refractivity contribution in [3.63, 3.8) is 0 Å². The van der Waals surface area contributed by atoms with Crippen molar-refractivity contribution in [2.24, 2.45) is 5.41 Å². The maximum atomic E-state index is 11.6. The molecule has 0 N–H and O–H groups in total. The molecule has 0 atom stereocenters. The second-order valence-corrected chi connectivity index (χ2v) is 4.93. The third-order valence-electron chi connectivity index (χ3n) is 2.34. The summed E-state index contributed by atoms with van der Waals surface area (Å²) in [6.07, 6.45) is 1.89. The molecule has 1 aliphatic rings. The van der Waals surface area contributed by atoms with Crippen LogP contribution in [0.5, 0.6) is 0 Å². The highest BCUT2D eigenvalue weighted by Crippen LogP contribution is 2.31. The lowest BCUT2D eigenvalue weighted by atomic mass is 9.86. The summed E-state index contributed by atoms with van der Waals surface area (Å²) < 4.78 is 10.9. The Hall–Kier alpha value is -0.670. The van der Waals surface area contributed by atoms with E-state index in [4.69, 9.17) is 9.47 Å². The van der Waals surface area contributed by atoms with Crippen LogP contribution >= 0.6 is 0 Å². The number of carbonyl (C=O) groups is 1. The fraction of sp³-hybridized carbons (Fsp3) is 0.750. The first-order valence-corrected chi connectivity index (χ1v) is 5.33. The van der Waals surface area contributed by atoms with E-state index in [2.05, 4.69) is 0 Å². The smallest absolute Gasteiger partial charge is 0.163 e. The topological polar surface area (TPSA) is 35.5 Å².